The van der Waals surface area contributed by atoms with Crippen LogP contribution in [0, 0.1) is 11.3 Å². The van der Waals surface area contributed by atoms with Gasteiger partial charge in [0.2, 0.25) is 0 Å². The van der Waals surface area contributed by atoms with E-state index in [2.05, 4.69) is 51.5 Å². The zero-order chi connectivity index (χ0) is 21.9. The second-order valence-corrected chi connectivity index (χ2v) is 8.74. The van der Waals surface area contributed by atoms with Crippen LogP contribution in [0.15, 0.2) is 72.2 Å². The van der Waals surface area contributed by atoms with E-state index >= 15 is 0 Å². The number of hydrazone groups is 1. The Morgan fingerprint density at radius 1 is 1.19 bits per heavy atom. The molecule has 0 aliphatic carbocycles. The molecule has 0 unspecified atom stereocenters. The summed E-state index contributed by atoms with van der Waals surface area (Å²) in [5, 5.41) is 18.2. The average Bonchev–Trinajstić information content (AvgIpc) is 3.52. The number of aromatic nitrogens is 3. The van der Waals surface area contributed by atoms with Gasteiger partial charge in [0.1, 0.15) is 6.07 Å². The van der Waals surface area contributed by atoms with Crippen LogP contribution in [0.5, 0.6) is 0 Å². The third-order valence-electron chi connectivity index (χ3n) is 5.60. The first-order valence-electron chi connectivity index (χ1n) is 10.3. The summed E-state index contributed by atoms with van der Waals surface area (Å²) < 4.78 is 1.87. The van der Waals surface area contributed by atoms with Gasteiger partial charge < -0.3 is 10.7 Å². The number of thiazole rings is 1. The molecule has 8 heteroatoms. The predicted octanol–water partition coefficient (Wildman–Crippen LogP) is 3.67. The van der Waals surface area contributed by atoms with Gasteiger partial charge in [0.25, 0.3) is 0 Å². The molecule has 0 saturated carbocycles. The topological polar surface area (TPSA) is 96.1 Å². The molecule has 158 valence electrons. The summed E-state index contributed by atoms with van der Waals surface area (Å²) in [5.41, 5.74) is 5.78. The number of hydrogen-bond acceptors (Lipinski definition) is 7. The van der Waals surface area contributed by atoms with Gasteiger partial charge in [0.05, 0.1) is 5.69 Å². The number of rotatable bonds is 5. The van der Waals surface area contributed by atoms with E-state index in [1.807, 2.05) is 35.3 Å². The first kappa shape index (κ1) is 20.0. The molecule has 0 amide bonds. The van der Waals surface area contributed by atoms with Crippen molar-refractivity contribution >= 4 is 22.2 Å². The van der Waals surface area contributed by atoms with E-state index in [0.717, 1.165) is 42.3 Å². The molecule has 0 bridgehead atoms. The molecule has 1 aliphatic rings. The van der Waals surface area contributed by atoms with Crippen molar-refractivity contribution in [2.45, 2.75) is 19.4 Å². The summed E-state index contributed by atoms with van der Waals surface area (Å²) in [5.74, 6) is 5.35. The van der Waals surface area contributed by atoms with Crippen molar-refractivity contribution in [3.8, 4) is 11.8 Å². The molecular formula is C24H21N7S. The van der Waals surface area contributed by atoms with Crippen molar-refractivity contribution in [2.75, 3.05) is 11.4 Å². The smallest absolute Gasteiger partial charge is 0.185 e. The standard InChI is InChI=1S/C24H21N7S/c25-14-23(29-26)19-6-5-18-7-10-30(16-20(18)13-19)24-27-15-22(32-24)12-17-3-1-4-21(11-17)31-9-2-8-28-31/h1-6,8-9,11,13,15H,7,10,12,16,26H2/b29-23+. The van der Waals surface area contributed by atoms with E-state index in [9.17, 15) is 5.26 Å². The fraction of sp³-hybridized carbons (Fsp3) is 0.167. The number of fused-ring (bicyclic) bond motifs is 1. The van der Waals surface area contributed by atoms with Crippen LogP contribution in [0.3, 0.4) is 0 Å². The van der Waals surface area contributed by atoms with Gasteiger partial charge in [-0.25, -0.2) is 9.67 Å². The van der Waals surface area contributed by atoms with Crippen LogP contribution >= 0.6 is 11.3 Å². The Labute approximate surface area is 190 Å². The second-order valence-electron chi connectivity index (χ2n) is 7.65. The van der Waals surface area contributed by atoms with E-state index in [4.69, 9.17) is 10.8 Å². The summed E-state index contributed by atoms with van der Waals surface area (Å²) in [4.78, 5) is 8.22. The Bertz CT molecular complexity index is 1310. The molecule has 2 N–H and O–H groups in total. The third kappa shape index (κ3) is 3.98. The van der Waals surface area contributed by atoms with E-state index in [-0.39, 0.29) is 5.71 Å². The minimum atomic E-state index is 0.249. The van der Waals surface area contributed by atoms with Crippen LogP contribution in [0.2, 0.25) is 0 Å². The SMILES string of the molecule is N#C/C(=N\N)c1ccc2c(c1)CN(c1ncc(Cc3cccc(-n4cccn4)c3)s1)CC2. The van der Waals surface area contributed by atoms with Crippen LogP contribution < -0.4 is 10.7 Å². The molecule has 2 aromatic heterocycles. The molecule has 32 heavy (non-hydrogen) atoms. The Hall–Kier alpha value is -3.96. The number of nitrogens with zero attached hydrogens (tertiary/aromatic N) is 6. The highest BCUT2D eigenvalue weighted by molar-refractivity contribution is 7.15. The van der Waals surface area contributed by atoms with Crippen molar-refractivity contribution in [2.24, 2.45) is 10.9 Å². The fourth-order valence-electron chi connectivity index (χ4n) is 3.99. The third-order valence-corrected chi connectivity index (χ3v) is 6.65. The Morgan fingerprint density at radius 3 is 2.94 bits per heavy atom. The molecule has 0 radical (unpaired) electrons. The first-order chi connectivity index (χ1) is 15.7. The lowest BCUT2D eigenvalue weighted by atomic mass is 9.96. The largest absolute Gasteiger partial charge is 0.343 e. The number of anilines is 1. The molecule has 0 saturated heterocycles. The average molecular weight is 440 g/mol. The van der Waals surface area contributed by atoms with Crippen molar-refractivity contribution in [1.29, 1.82) is 5.26 Å². The number of nitriles is 1. The molecule has 0 atom stereocenters. The van der Waals surface area contributed by atoms with Gasteiger partial charge in [0.15, 0.2) is 10.8 Å². The quantitative estimate of drug-likeness (QED) is 0.291. The van der Waals surface area contributed by atoms with E-state index in [1.54, 1.807) is 17.5 Å². The molecule has 1 aliphatic heterocycles. The van der Waals surface area contributed by atoms with Crippen molar-refractivity contribution in [3.05, 3.63) is 94.3 Å². The highest BCUT2D eigenvalue weighted by Crippen LogP contribution is 2.30. The van der Waals surface area contributed by atoms with Crippen molar-refractivity contribution in [1.82, 2.24) is 14.8 Å². The van der Waals surface area contributed by atoms with Gasteiger partial charge in [-0.1, -0.05) is 24.3 Å². The minimum absolute atomic E-state index is 0.249. The molecule has 4 aromatic rings. The number of nitrogens with two attached hydrogens (primary N) is 1. The summed E-state index contributed by atoms with van der Waals surface area (Å²) >= 11 is 1.73. The predicted molar refractivity (Wildman–Crippen MR) is 126 cm³/mol. The van der Waals surface area contributed by atoms with Gasteiger partial charge in [0, 0.05) is 48.5 Å². The van der Waals surface area contributed by atoms with Crippen LogP contribution in [-0.2, 0) is 19.4 Å². The maximum absolute atomic E-state index is 9.22. The van der Waals surface area contributed by atoms with Gasteiger partial charge in [-0.15, -0.1) is 11.3 Å². The zero-order valence-electron chi connectivity index (χ0n) is 17.3. The van der Waals surface area contributed by atoms with E-state index < -0.39 is 0 Å². The first-order valence-corrected chi connectivity index (χ1v) is 11.1. The molecule has 0 spiro atoms. The lowest BCUT2D eigenvalue weighted by molar-refractivity contribution is 0.728. The van der Waals surface area contributed by atoms with Crippen molar-refractivity contribution in [3.63, 3.8) is 0 Å². The summed E-state index contributed by atoms with van der Waals surface area (Å²) in [6, 6.07) is 18.4. The Kier molecular flexibility index (Phi) is 5.40. The number of hydrogen-bond donors (Lipinski definition) is 1. The highest BCUT2D eigenvalue weighted by atomic mass is 32.1. The fourth-order valence-corrected chi connectivity index (χ4v) is 4.96. The molecule has 5 rings (SSSR count). The zero-order valence-corrected chi connectivity index (χ0v) is 18.2. The Morgan fingerprint density at radius 2 is 2.12 bits per heavy atom. The monoisotopic (exact) mass is 439 g/mol. The molecule has 3 heterocycles. The summed E-state index contributed by atoms with van der Waals surface area (Å²) in [7, 11) is 0. The molecule has 2 aromatic carbocycles. The number of benzene rings is 2. The Balaban J connectivity index is 1.32. The van der Waals surface area contributed by atoms with Crippen LogP contribution in [0.25, 0.3) is 5.69 Å². The van der Waals surface area contributed by atoms with Crippen LogP contribution in [-0.4, -0.2) is 27.0 Å². The van der Waals surface area contributed by atoms with Crippen LogP contribution in [0.1, 0.15) is 27.1 Å². The lowest BCUT2D eigenvalue weighted by Gasteiger charge is -2.28. The van der Waals surface area contributed by atoms with E-state index in [1.165, 1.54) is 21.6 Å². The lowest BCUT2D eigenvalue weighted by Crippen LogP contribution is -2.30. The minimum Gasteiger partial charge on any atom is -0.343 e. The van der Waals surface area contributed by atoms with Gasteiger partial charge in [-0.3, -0.25) is 0 Å². The molecular weight excluding hydrogens is 418 g/mol. The summed E-state index contributed by atoms with van der Waals surface area (Å²) in [6.07, 6.45) is 7.48. The highest BCUT2D eigenvalue weighted by Gasteiger charge is 2.20. The maximum atomic E-state index is 9.22. The molecule has 7 nitrogen and oxygen atoms in total. The van der Waals surface area contributed by atoms with Gasteiger partial charge >= 0.3 is 0 Å². The normalized spacial score (nSPS) is 13.6. The maximum Gasteiger partial charge on any atom is 0.185 e. The van der Waals surface area contributed by atoms with Crippen LogP contribution in [0.4, 0.5) is 5.13 Å². The van der Waals surface area contributed by atoms with Gasteiger partial charge in [-0.05, 0) is 47.4 Å². The second kappa shape index (κ2) is 8.65. The van der Waals surface area contributed by atoms with Gasteiger partial charge in [-0.2, -0.15) is 15.5 Å². The van der Waals surface area contributed by atoms with Crippen molar-refractivity contribution < 1.29 is 0 Å². The molecule has 0 fully saturated rings. The summed E-state index contributed by atoms with van der Waals surface area (Å²) in [6.45, 7) is 1.68. The van der Waals surface area contributed by atoms with E-state index in [0.29, 0.717) is 0 Å².